The Labute approximate surface area is 174 Å². The van der Waals surface area contributed by atoms with Crippen molar-refractivity contribution in [3.63, 3.8) is 0 Å². The van der Waals surface area contributed by atoms with Gasteiger partial charge in [-0.15, -0.1) is 0 Å². The highest BCUT2D eigenvalue weighted by Crippen LogP contribution is 2.72. The van der Waals surface area contributed by atoms with Gasteiger partial charge < -0.3 is 4.74 Å². The standard InChI is InChI=1S/C22H25F3O4S/c23-17-10-19(29-12-21-8-2-1-3-20(21)22(21,24)25)15(13-4-5-13)9-16(17)18(26)11-30(27,28)14-6-7-14/h9-10,13-14,20H,1-8,11-12H2. The average Bonchev–Trinajstić information content (AvgIpc) is 3.56. The Balaban J connectivity index is 1.37. The van der Waals surface area contributed by atoms with Crippen molar-refractivity contribution in [1.82, 2.24) is 0 Å². The first-order valence-corrected chi connectivity index (χ1v) is 12.5. The Hall–Kier alpha value is -1.57. The van der Waals surface area contributed by atoms with Crippen LogP contribution < -0.4 is 4.74 Å². The molecular weight excluding hydrogens is 417 g/mol. The Morgan fingerprint density at radius 1 is 1.10 bits per heavy atom. The molecule has 4 aliphatic rings. The van der Waals surface area contributed by atoms with Gasteiger partial charge >= 0.3 is 0 Å². The van der Waals surface area contributed by atoms with Gasteiger partial charge in [-0.25, -0.2) is 21.6 Å². The maximum absolute atomic E-state index is 14.7. The van der Waals surface area contributed by atoms with Crippen LogP contribution in [0.15, 0.2) is 12.1 Å². The van der Waals surface area contributed by atoms with Crippen molar-refractivity contribution in [3.05, 3.63) is 29.1 Å². The summed E-state index contributed by atoms with van der Waals surface area (Å²) in [4.78, 5) is 12.5. The van der Waals surface area contributed by atoms with E-state index >= 15 is 0 Å². The van der Waals surface area contributed by atoms with E-state index in [4.69, 9.17) is 4.74 Å². The number of hydrogen-bond donors (Lipinski definition) is 0. The molecule has 4 saturated carbocycles. The van der Waals surface area contributed by atoms with Gasteiger partial charge in [0.25, 0.3) is 5.92 Å². The lowest BCUT2D eigenvalue weighted by atomic mass is 9.89. The van der Waals surface area contributed by atoms with Crippen molar-refractivity contribution >= 4 is 15.6 Å². The number of fused-ring (bicyclic) bond motifs is 1. The van der Waals surface area contributed by atoms with Crippen LogP contribution >= 0.6 is 0 Å². The minimum absolute atomic E-state index is 0.0894. The highest BCUT2D eigenvalue weighted by molar-refractivity contribution is 7.93. The van der Waals surface area contributed by atoms with Crippen LogP contribution in [0.1, 0.15) is 73.2 Å². The fourth-order valence-electron chi connectivity index (χ4n) is 5.08. The number of Topliss-reactive ketones (excluding diaryl/α,β-unsaturated/α-hetero) is 1. The van der Waals surface area contributed by atoms with E-state index in [1.807, 2.05) is 0 Å². The van der Waals surface area contributed by atoms with Gasteiger partial charge in [-0.3, -0.25) is 4.79 Å². The third-order valence-electron chi connectivity index (χ3n) is 7.32. The highest BCUT2D eigenvalue weighted by atomic mass is 32.2. The predicted octanol–water partition coefficient (Wildman–Crippen LogP) is 4.67. The summed E-state index contributed by atoms with van der Waals surface area (Å²) in [6.07, 6.45) is 5.22. The van der Waals surface area contributed by atoms with E-state index in [-0.39, 0.29) is 23.8 Å². The van der Waals surface area contributed by atoms with E-state index in [0.717, 1.165) is 31.7 Å². The second-order valence-corrected chi connectivity index (χ2v) is 11.7. The molecule has 4 aliphatic carbocycles. The molecular formula is C22H25F3O4S. The van der Waals surface area contributed by atoms with Crippen molar-refractivity contribution in [2.75, 3.05) is 12.4 Å². The molecule has 1 aromatic rings. The van der Waals surface area contributed by atoms with Crippen molar-refractivity contribution in [3.8, 4) is 5.75 Å². The zero-order valence-corrected chi connectivity index (χ0v) is 17.4. The van der Waals surface area contributed by atoms with Crippen LogP contribution in [0.3, 0.4) is 0 Å². The van der Waals surface area contributed by atoms with Gasteiger partial charge in [0.2, 0.25) is 0 Å². The number of benzene rings is 1. The number of hydrogen-bond acceptors (Lipinski definition) is 4. The summed E-state index contributed by atoms with van der Waals surface area (Å²) in [5.41, 5.74) is -0.787. The topological polar surface area (TPSA) is 60.4 Å². The molecule has 0 bridgehead atoms. The first kappa shape index (κ1) is 20.3. The van der Waals surface area contributed by atoms with Crippen molar-refractivity contribution < 1.29 is 31.1 Å². The third kappa shape index (κ3) is 3.26. The molecule has 5 rings (SSSR count). The lowest BCUT2D eigenvalue weighted by Crippen LogP contribution is -2.23. The lowest BCUT2D eigenvalue weighted by molar-refractivity contribution is 0.0368. The summed E-state index contributed by atoms with van der Waals surface area (Å²) in [7, 11) is -3.55. The fourth-order valence-corrected chi connectivity index (χ4v) is 6.69. The monoisotopic (exact) mass is 442 g/mol. The van der Waals surface area contributed by atoms with Gasteiger partial charge in [0.1, 0.15) is 23.9 Å². The normalized spacial score (nSPS) is 29.9. The minimum atomic E-state index is -3.55. The molecule has 0 aromatic heterocycles. The van der Waals surface area contributed by atoms with E-state index in [9.17, 15) is 26.4 Å². The van der Waals surface area contributed by atoms with Gasteiger partial charge in [0, 0.05) is 12.0 Å². The molecule has 0 radical (unpaired) electrons. The van der Waals surface area contributed by atoms with Gasteiger partial charge in [0.15, 0.2) is 15.6 Å². The Kier molecular flexibility index (Phi) is 4.55. The number of ether oxygens (including phenoxy) is 1. The zero-order chi connectivity index (χ0) is 21.3. The molecule has 2 unspecified atom stereocenters. The Bertz CT molecular complexity index is 998. The van der Waals surface area contributed by atoms with E-state index in [2.05, 4.69) is 0 Å². The van der Waals surface area contributed by atoms with E-state index < -0.39 is 49.7 Å². The molecule has 30 heavy (non-hydrogen) atoms. The van der Waals surface area contributed by atoms with Crippen LogP contribution in [0.2, 0.25) is 0 Å². The number of ketones is 1. The molecule has 0 amide bonds. The van der Waals surface area contributed by atoms with Gasteiger partial charge in [0.05, 0.1) is 16.2 Å². The summed E-state index contributed by atoms with van der Waals surface area (Å²) in [5, 5.41) is -0.488. The molecule has 0 aliphatic heterocycles. The number of carbonyl (C=O) groups is 1. The number of halogens is 3. The molecule has 1 aromatic carbocycles. The number of rotatable bonds is 8. The smallest absolute Gasteiger partial charge is 0.261 e. The molecule has 164 valence electrons. The quantitative estimate of drug-likeness (QED) is 0.549. The lowest BCUT2D eigenvalue weighted by Gasteiger charge is -2.22. The number of sulfone groups is 1. The van der Waals surface area contributed by atoms with Crippen LogP contribution in [0.25, 0.3) is 0 Å². The summed E-state index contributed by atoms with van der Waals surface area (Å²) in [5.74, 6) is -5.42. The maximum Gasteiger partial charge on any atom is 0.261 e. The van der Waals surface area contributed by atoms with Crippen molar-refractivity contribution in [2.45, 2.75) is 68.5 Å². The van der Waals surface area contributed by atoms with Crippen LogP contribution in [0, 0.1) is 17.2 Å². The number of carbonyl (C=O) groups excluding carboxylic acids is 1. The second-order valence-electron chi connectivity index (χ2n) is 9.44. The molecule has 4 fully saturated rings. The van der Waals surface area contributed by atoms with Crippen LogP contribution in [0.4, 0.5) is 13.2 Å². The van der Waals surface area contributed by atoms with E-state index in [1.165, 1.54) is 6.07 Å². The van der Waals surface area contributed by atoms with E-state index in [0.29, 0.717) is 31.2 Å². The molecule has 0 heterocycles. The molecule has 0 spiro atoms. The average molecular weight is 442 g/mol. The minimum Gasteiger partial charge on any atom is -0.492 e. The zero-order valence-electron chi connectivity index (χ0n) is 16.6. The maximum atomic E-state index is 14.7. The molecule has 4 nitrogen and oxygen atoms in total. The Morgan fingerprint density at radius 3 is 2.47 bits per heavy atom. The largest absolute Gasteiger partial charge is 0.492 e. The predicted molar refractivity (Wildman–Crippen MR) is 104 cm³/mol. The summed E-state index contributed by atoms with van der Waals surface area (Å²) in [6.45, 7) is -0.160. The van der Waals surface area contributed by atoms with Crippen LogP contribution in [-0.2, 0) is 9.84 Å². The first-order chi connectivity index (χ1) is 14.2. The van der Waals surface area contributed by atoms with Crippen LogP contribution in [0.5, 0.6) is 5.75 Å². The first-order valence-electron chi connectivity index (χ1n) is 10.7. The number of alkyl halides is 2. The Morgan fingerprint density at radius 2 is 1.83 bits per heavy atom. The van der Waals surface area contributed by atoms with Crippen molar-refractivity contribution in [2.24, 2.45) is 11.3 Å². The summed E-state index contributed by atoms with van der Waals surface area (Å²) in [6, 6.07) is 2.47. The highest BCUT2D eigenvalue weighted by Gasteiger charge is 2.80. The van der Waals surface area contributed by atoms with Crippen molar-refractivity contribution in [1.29, 1.82) is 0 Å². The molecule has 0 N–H and O–H groups in total. The fraction of sp³-hybridized carbons (Fsp3) is 0.682. The molecule has 0 saturated heterocycles. The van der Waals surface area contributed by atoms with E-state index in [1.54, 1.807) is 0 Å². The summed E-state index contributed by atoms with van der Waals surface area (Å²) < 4.78 is 73.5. The molecule has 8 heteroatoms. The van der Waals surface area contributed by atoms with Crippen LogP contribution in [-0.4, -0.2) is 37.7 Å². The van der Waals surface area contributed by atoms with Gasteiger partial charge in [-0.2, -0.15) is 0 Å². The second kappa shape index (κ2) is 6.71. The van der Waals surface area contributed by atoms with Gasteiger partial charge in [-0.05, 0) is 56.1 Å². The van der Waals surface area contributed by atoms with Gasteiger partial charge in [-0.1, -0.05) is 12.8 Å². The molecule has 2 atom stereocenters. The summed E-state index contributed by atoms with van der Waals surface area (Å²) >= 11 is 0. The third-order valence-corrected chi connectivity index (χ3v) is 9.47. The SMILES string of the molecule is O=C(CS(=O)(=O)C1CC1)c1cc(C2CC2)c(OCC23CCCCC2C3(F)F)cc1F.